The molecular formula is C13H21N3. The molecular weight excluding hydrogens is 198 g/mol. The molecule has 1 rings (SSSR count). The molecule has 0 unspecified atom stereocenters. The van der Waals surface area contributed by atoms with Gasteiger partial charge in [-0.05, 0) is 31.2 Å². The van der Waals surface area contributed by atoms with E-state index in [1.165, 1.54) is 5.56 Å². The van der Waals surface area contributed by atoms with E-state index in [1.54, 1.807) is 0 Å². The monoisotopic (exact) mass is 219 g/mol. The van der Waals surface area contributed by atoms with Crippen molar-refractivity contribution in [3.63, 3.8) is 0 Å². The average molecular weight is 219 g/mol. The molecule has 0 amide bonds. The van der Waals surface area contributed by atoms with Gasteiger partial charge in [0.1, 0.15) is 0 Å². The topological polar surface area (TPSA) is 28.2 Å². The van der Waals surface area contributed by atoms with Gasteiger partial charge in [0.2, 0.25) is 0 Å². The number of nitrogens with zero attached hydrogens (tertiary/aromatic N) is 2. The number of rotatable bonds is 8. The molecule has 0 saturated heterocycles. The van der Waals surface area contributed by atoms with Crippen molar-refractivity contribution < 1.29 is 0 Å². The van der Waals surface area contributed by atoms with Crippen LogP contribution in [0.4, 0.5) is 0 Å². The Kier molecular flexibility index (Phi) is 6.45. The molecule has 0 fully saturated rings. The molecule has 1 aromatic heterocycles. The highest BCUT2D eigenvalue weighted by Crippen LogP contribution is 1.98. The zero-order valence-electron chi connectivity index (χ0n) is 10.0. The van der Waals surface area contributed by atoms with Crippen LogP contribution in [0.3, 0.4) is 0 Å². The molecule has 0 radical (unpaired) electrons. The number of hydrogen-bond acceptors (Lipinski definition) is 3. The van der Waals surface area contributed by atoms with Gasteiger partial charge in [-0.1, -0.05) is 6.08 Å². The first-order chi connectivity index (χ1) is 7.83. The van der Waals surface area contributed by atoms with Crippen LogP contribution in [0.1, 0.15) is 5.56 Å². The third-order valence-electron chi connectivity index (χ3n) is 2.49. The Balaban J connectivity index is 2.10. The zero-order valence-corrected chi connectivity index (χ0v) is 10.0. The van der Waals surface area contributed by atoms with Crippen LogP contribution < -0.4 is 5.32 Å². The summed E-state index contributed by atoms with van der Waals surface area (Å²) in [5, 5.41) is 3.29. The lowest BCUT2D eigenvalue weighted by atomic mass is 10.2. The van der Waals surface area contributed by atoms with E-state index in [4.69, 9.17) is 0 Å². The van der Waals surface area contributed by atoms with Crippen molar-refractivity contribution in [2.24, 2.45) is 0 Å². The highest BCUT2D eigenvalue weighted by atomic mass is 15.1. The average Bonchev–Trinajstić information content (AvgIpc) is 2.33. The Morgan fingerprint density at radius 2 is 2.12 bits per heavy atom. The molecule has 1 heterocycles. The quantitative estimate of drug-likeness (QED) is 0.528. The lowest BCUT2D eigenvalue weighted by Crippen LogP contribution is -2.30. The van der Waals surface area contributed by atoms with Crippen molar-refractivity contribution in [2.75, 3.05) is 33.2 Å². The third kappa shape index (κ3) is 5.63. The standard InChI is InChI=1S/C13H21N3/c1-3-7-14-10-12-16(2)11-6-13-4-8-15-9-5-13/h3-5,8-9,14H,1,6-7,10-12H2,2H3. The first kappa shape index (κ1) is 12.9. The maximum atomic E-state index is 4.01. The Morgan fingerprint density at radius 3 is 2.81 bits per heavy atom. The van der Waals surface area contributed by atoms with Crippen LogP contribution in [-0.4, -0.2) is 43.1 Å². The van der Waals surface area contributed by atoms with E-state index in [-0.39, 0.29) is 0 Å². The summed E-state index contributed by atoms with van der Waals surface area (Å²) in [6.07, 6.45) is 6.67. The fourth-order valence-corrected chi connectivity index (χ4v) is 1.46. The summed E-state index contributed by atoms with van der Waals surface area (Å²) in [5.41, 5.74) is 1.35. The molecule has 3 nitrogen and oxygen atoms in total. The van der Waals surface area contributed by atoms with Gasteiger partial charge in [-0.2, -0.15) is 0 Å². The summed E-state index contributed by atoms with van der Waals surface area (Å²) in [7, 11) is 2.15. The smallest absolute Gasteiger partial charge is 0.0270 e. The molecule has 0 aromatic carbocycles. The maximum absolute atomic E-state index is 4.01. The van der Waals surface area contributed by atoms with Gasteiger partial charge in [0.25, 0.3) is 0 Å². The number of hydrogen-bond donors (Lipinski definition) is 1. The molecule has 1 aromatic rings. The molecule has 0 aliphatic rings. The van der Waals surface area contributed by atoms with Crippen molar-refractivity contribution in [1.82, 2.24) is 15.2 Å². The van der Waals surface area contributed by atoms with Gasteiger partial charge in [-0.15, -0.1) is 6.58 Å². The van der Waals surface area contributed by atoms with E-state index < -0.39 is 0 Å². The second-order valence-corrected chi connectivity index (χ2v) is 3.90. The van der Waals surface area contributed by atoms with Gasteiger partial charge in [0.05, 0.1) is 0 Å². The summed E-state index contributed by atoms with van der Waals surface area (Å²) in [5.74, 6) is 0. The van der Waals surface area contributed by atoms with Crippen LogP contribution in [0, 0.1) is 0 Å². The maximum Gasteiger partial charge on any atom is 0.0270 e. The summed E-state index contributed by atoms with van der Waals surface area (Å²) in [6, 6.07) is 4.15. The Labute approximate surface area is 98.2 Å². The molecule has 0 spiro atoms. The minimum Gasteiger partial charge on any atom is -0.312 e. The second kappa shape index (κ2) is 8.02. The fourth-order valence-electron chi connectivity index (χ4n) is 1.46. The third-order valence-corrected chi connectivity index (χ3v) is 2.49. The molecule has 0 aliphatic heterocycles. The number of aromatic nitrogens is 1. The first-order valence-corrected chi connectivity index (χ1v) is 5.72. The van der Waals surface area contributed by atoms with E-state index >= 15 is 0 Å². The molecule has 88 valence electrons. The van der Waals surface area contributed by atoms with Gasteiger partial charge in [0.15, 0.2) is 0 Å². The molecule has 3 heteroatoms. The number of nitrogens with one attached hydrogen (secondary N) is 1. The van der Waals surface area contributed by atoms with Crippen molar-refractivity contribution in [3.05, 3.63) is 42.7 Å². The van der Waals surface area contributed by atoms with E-state index in [1.807, 2.05) is 18.5 Å². The van der Waals surface area contributed by atoms with Crippen LogP contribution in [-0.2, 0) is 6.42 Å². The number of pyridine rings is 1. The molecule has 0 bridgehead atoms. The SMILES string of the molecule is C=CCNCCN(C)CCc1ccncc1. The molecule has 0 saturated carbocycles. The zero-order chi connectivity index (χ0) is 11.6. The minimum absolute atomic E-state index is 0.887. The van der Waals surface area contributed by atoms with Crippen LogP contribution in [0.5, 0.6) is 0 Å². The molecule has 0 atom stereocenters. The van der Waals surface area contributed by atoms with Gasteiger partial charge in [0, 0.05) is 38.6 Å². The van der Waals surface area contributed by atoms with Gasteiger partial charge in [-0.25, -0.2) is 0 Å². The van der Waals surface area contributed by atoms with Gasteiger partial charge in [-0.3, -0.25) is 4.98 Å². The first-order valence-electron chi connectivity index (χ1n) is 5.72. The molecule has 16 heavy (non-hydrogen) atoms. The fraction of sp³-hybridized carbons (Fsp3) is 0.462. The molecule has 1 N–H and O–H groups in total. The van der Waals surface area contributed by atoms with E-state index in [9.17, 15) is 0 Å². The summed E-state index contributed by atoms with van der Waals surface area (Å²) in [6.45, 7) is 7.72. The van der Waals surface area contributed by atoms with Crippen molar-refractivity contribution in [3.8, 4) is 0 Å². The lowest BCUT2D eigenvalue weighted by molar-refractivity contribution is 0.338. The normalized spacial score (nSPS) is 10.6. The lowest BCUT2D eigenvalue weighted by Gasteiger charge is -2.16. The number of likely N-dealkylation sites (N-methyl/N-ethyl adjacent to an activating group) is 1. The van der Waals surface area contributed by atoms with Crippen LogP contribution in [0.25, 0.3) is 0 Å². The highest BCUT2D eigenvalue weighted by molar-refractivity contribution is 5.09. The van der Waals surface area contributed by atoms with Crippen molar-refractivity contribution >= 4 is 0 Å². The van der Waals surface area contributed by atoms with E-state index in [0.29, 0.717) is 0 Å². The predicted molar refractivity (Wildman–Crippen MR) is 68.5 cm³/mol. The predicted octanol–water partition coefficient (Wildman–Crippen LogP) is 1.33. The van der Waals surface area contributed by atoms with Crippen LogP contribution in [0.2, 0.25) is 0 Å². The second-order valence-electron chi connectivity index (χ2n) is 3.90. The van der Waals surface area contributed by atoms with Gasteiger partial charge >= 0.3 is 0 Å². The summed E-state index contributed by atoms with van der Waals surface area (Å²) >= 11 is 0. The van der Waals surface area contributed by atoms with Crippen molar-refractivity contribution in [2.45, 2.75) is 6.42 Å². The van der Waals surface area contributed by atoms with Crippen LogP contribution >= 0.6 is 0 Å². The summed E-state index contributed by atoms with van der Waals surface area (Å²) < 4.78 is 0. The highest BCUT2D eigenvalue weighted by Gasteiger charge is 1.98. The Bertz CT molecular complexity index is 284. The van der Waals surface area contributed by atoms with Crippen molar-refractivity contribution in [1.29, 1.82) is 0 Å². The minimum atomic E-state index is 0.887. The van der Waals surface area contributed by atoms with Gasteiger partial charge < -0.3 is 10.2 Å². The Morgan fingerprint density at radius 1 is 1.38 bits per heavy atom. The summed E-state index contributed by atoms with van der Waals surface area (Å²) in [4.78, 5) is 6.34. The Hall–Kier alpha value is -1.19. The van der Waals surface area contributed by atoms with E-state index in [2.05, 4.69) is 41.0 Å². The van der Waals surface area contributed by atoms with Crippen LogP contribution in [0.15, 0.2) is 37.2 Å². The molecule has 0 aliphatic carbocycles. The van der Waals surface area contributed by atoms with E-state index in [0.717, 1.165) is 32.6 Å². The largest absolute Gasteiger partial charge is 0.312 e.